The average molecular weight is 460 g/mol. The van der Waals surface area contributed by atoms with E-state index in [0.717, 1.165) is 15.7 Å². The number of nitrogens with one attached hydrogen (secondary N) is 2. The van der Waals surface area contributed by atoms with Crippen molar-refractivity contribution >= 4 is 16.8 Å². The molecule has 8 nitrogen and oxygen atoms in total. The molecule has 1 heterocycles. The summed E-state index contributed by atoms with van der Waals surface area (Å²) in [5.74, 6) is 0.967. The lowest BCUT2D eigenvalue weighted by molar-refractivity contribution is 0.0954. The second-order valence-corrected chi connectivity index (χ2v) is 7.86. The fourth-order valence-corrected chi connectivity index (χ4v) is 3.75. The van der Waals surface area contributed by atoms with Crippen LogP contribution in [-0.2, 0) is 6.42 Å². The third kappa shape index (κ3) is 4.56. The molecule has 2 N–H and O–H groups in total. The van der Waals surface area contributed by atoms with Gasteiger partial charge >= 0.3 is 5.69 Å². The third-order valence-electron chi connectivity index (χ3n) is 5.60. The summed E-state index contributed by atoms with van der Waals surface area (Å²) >= 11 is 0. The Labute approximate surface area is 195 Å². The number of ether oxygens (including phenoxy) is 2. The number of rotatable bonds is 7. The summed E-state index contributed by atoms with van der Waals surface area (Å²) in [5.41, 5.74) is 2.15. The molecular weight excluding hydrogens is 434 g/mol. The van der Waals surface area contributed by atoms with Gasteiger partial charge in [-0.05, 0) is 61.4 Å². The minimum Gasteiger partial charge on any atom is -0.493 e. The zero-order valence-corrected chi connectivity index (χ0v) is 19.2. The Bertz CT molecular complexity index is 1470. The number of amides is 1. The maximum atomic E-state index is 13.0. The second kappa shape index (κ2) is 9.66. The number of hydrogen-bond donors (Lipinski definition) is 2. The minimum atomic E-state index is -0.563. The molecule has 1 aromatic heterocycles. The predicted molar refractivity (Wildman–Crippen MR) is 130 cm³/mol. The Balaban J connectivity index is 1.52. The van der Waals surface area contributed by atoms with E-state index < -0.39 is 11.2 Å². The maximum absolute atomic E-state index is 13.0. The Kier molecular flexibility index (Phi) is 6.49. The second-order valence-electron chi connectivity index (χ2n) is 7.86. The first-order valence-electron chi connectivity index (χ1n) is 10.8. The van der Waals surface area contributed by atoms with Crippen molar-refractivity contribution in [3.63, 3.8) is 0 Å². The highest BCUT2D eigenvalue weighted by molar-refractivity contribution is 5.97. The van der Waals surface area contributed by atoms with E-state index in [-0.39, 0.29) is 5.91 Å². The first kappa shape index (κ1) is 22.8. The third-order valence-corrected chi connectivity index (χ3v) is 5.60. The van der Waals surface area contributed by atoms with Gasteiger partial charge in [0.2, 0.25) is 0 Å². The monoisotopic (exact) mass is 459 g/mol. The number of hydrogen-bond acceptors (Lipinski definition) is 5. The number of H-pyrrole nitrogens is 1. The van der Waals surface area contributed by atoms with Gasteiger partial charge in [0.15, 0.2) is 11.5 Å². The molecule has 0 aliphatic heterocycles. The van der Waals surface area contributed by atoms with Crippen molar-refractivity contribution in [2.24, 2.45) is 0 Å². The zero-order chi connectivity index (χ0) is 24.2. The van der Waals surface area contributed by atoms with Crippen molar-refractivity contribution in [2.75, 3.05) is 20.8 Å². The highest BCUT2D eigenvalue weighted by atomic mass is 16.5. The molecule has 0 aliphatic carbocycles. The van der Waals surface area contributed by atoms with Gasteiger partial charge in [-0.1, -0.05) is 23.8 Å². The van der Waals surface area contributed by atoms with Crippen LogP contribution in [0.5, 0.6) is 11.5 Å². The van der Waals surface area contributed by atoms with Crippen LogP contribution in [0.2, 0.25) is 0 Å². The van der Waals surface area contributed by atoms with Crippen molar-refractivity contribution in [2.45, 2.75) is 13.3 Å². The van der Waals surface area contributed by atoms with Crippen LogP contribution in [0, 0.1) is 6.92 Å². The number of aryl methyl sites for hydroxylation is 1. The van der Waals surface area contributed by atoms with Gasteiger partial charge in [-0.2, -0.15) is 0 Å². The molecule has 0 unspecified atom stereocenters. The number of carbonyl (C=O) groups excluding carboxylic acids is 1. The molecule has 4 aromatic rings. The Morgan fingerprint density at radius 1 is 0.941 bits per heavy atom. The first-order valence-corrected chi connectivity index (χ1v) is 10.8. The van der Waals surface area contributed by atoms with E-state index in [9.17, 15) is 14.4 Å². The fourth-order valence-electron chi connectivity index (χ4n) is 3.75. The Morgan fingerprint density at radius 2 is 1.68 bits per heavy atom. The van der Waals surface area contributed by atoms with Crippen LogP contribution in [0.1, 0.15) is 21.5 Å². The first-order chi connectivity index (χ1) is 16.4. The molecule has 0 spiro atoms. The quantitative estimate of drug-likeness (QED) is 0.442. The number of benzene rings is 3. The van der Waals surface area contributed by atoms with Crippen molar-refractivity contribution in [3.05, 3.63) is 98.2 Å². The fraction of sp³-hybridized carbons (Fsp3) is 0.192. The van der Waals surface area contributed by atoms with E-state index in [1.165, 1.54) is 6.07 Å². The molecule has 3 aromatic carbocycles. The van der Waals surface area contributed by atoms with E-state index in [1.807, 2.05) is 37.3 Å². The predicted octanol–water partition coefficient (Wildman–Crippen LogP) is 2.98. The van der Waals surface area contributed by atoms with E-state index in [1.54, 1.807) is 38.5 Å². The SMILES string of the molecule is COc1ccc(CCNC(=O)c2ccc3c(=O)n(-c4ccc(C)cc4)c(=O)[nH]c3c2)cc1OC. The lowest BCUT2D eigenvalue weighted by Crippen LogP contribution is -2.33. The van der Waals surface area contributed by atoms with E-state index in [4.69, 9.17) is 9.47 Å². The summed E-state index contributed by atoms with van der Waals surface area (Å²) in [5, 5.41) is 3.18. The molecule has 0 fully saturated rings. The number of methoxy groups -OCH3 is 2. The van der Waals surface area contributed by atoms with Crippen LogP contribution < -0.4 is 26.0 Å². The largest absolute Gasteiger partial charge is 0.493 e. The van der Waals surface area contributed by atoms with Gasteiger partial charge < -0.3 is 19.8 Å². The smallest absolute Gasteiger partial charge is 0.333 e. The van der Waals surface area contributed by atoms with E-state index >= 15 is 0 Å². The molecule has 34 heavy (non-hydrogen) atoms. The van der Waals surface area contributed by atoms with Crippen LogP contribution in [0.25, 0.3) is 16.6 Å². The van der Waals surface area contributed by atoms with Gasteiger partial charge in [0.25, 0.3) is 11.5 Å². The Hall–Kier alpha value is -4.33. The maximum Gasteiger partial charge on any atom is 0.333 e. The summed E-state index contributed by atoms with van der Waals surface area (Å²) < 4.78 is 11.6. The van der Waals surface area contributed by atoms with Gasteiger partial charge in [-0.3, -0.25) is 9.59 Å². The molecule has 0 radical (unpaired) electrons. The molecule has 0 atom stereocenters. The highest BCUT2D eigenvalue weighted by Crippen LogP contribution is 2.27. The van der Waals surface area contributed by atoms with Crippen LogP contribution in [0.3, 0.4) is 0 Å². The van der Waals surface area contributed by atoms with Crippen molar-refractivity contribution in [1.29, 1.82) is 0 Å². The molecule has 0 saturated heterocycles. The summed E-state index contributed by atoms with van der Waals surface area (Å²) in [4.78, 5) is 41.0. The van der Waals surface area contributed by atoms with Crippen LogP contribution in [0.4, 0.5) is 0 Å². The molecular formula is C26H25N3O5. The molecule has 4 rings (SSSR count). The van der Waals surface area contributed by atoms with Crippen LogP contribution in [-0.4, -0.2) is 36.2 Å². The molecule has 0 bridgehead atoms. The van der Waals surface area contributed by atoms with Crippen LogP contribution in [0.15, 0.2) is 70.3 Å². The summed E-state index contributed by atoms with van der Waals surface area (Å²) in [6.45, 7) is 2.33. The Morgan fingerprint density at radius 3 is 2.38 bits per heavy atom. The van der Waals surface area contributed by atoms with Gasteiger partial charge in [0.1, 0.15) is 0 Å². The normalized spacial score (nSPS) is 10.8. The number of nitrogens with zero attached hydrogens (tertiary/aromatic N) is 1. The van der Waals surface area contributed by atoms with Crippen molar-refractivity contribution < 1.29 is 14.3 Å². The number of carbonyl (C=O) groups is 1. The average Bonchev–Trinajstić information content (AvgIpc) is 2.84. The number of aromatic nitrogens is 2. The topological polar surface area (TPSA) is 102 Å². The van der Waals surface area contributed by atoms with Gasteiger partial charge in [-0.25, -0.2) is 9.36 Å². The number of fused-ring (bicyclic) bond motifs is 1. The molecule has 0 aliphatic rings. The number of aromatic amines is 1. The van der Waals surface area contributed by atoms with Crippen molar-refractivity contribution in [3.8, 4) is 17.2 Å². The van der Waals surface area contributed by atoms with E-state index in [2.05, 4.69) is 10.3 Å². The van der Waals surface area contributed by atoms with Crippen molar-refractivity contribution in [1.82, 2.24) is 14.9 Å². The lowest BCUT2D eigenvalue weighted by Gasteiger charge is -2.11. The summed E-state index contributed by atoms with van der Waals surface area (Å²) in [6.07, 6.45) is 0.595. The molecule has 8 heteroatoms. The lowest BCUT2D eigenvalue weighted by atomic mass is 10.1. The minimum absolute atomic E-state index is 0.300. The standard InChI is InChI=1S/C26H25N3O5/c1-16-4-8-19(9-5-16)29-25(31)20-10-7-18(15-21(20)28-26(29)32)24(30)27-13-12-17-6-11-22(33-2)23(14-17)34-3/h4-11,14-15H,12-13H2,1-3H3,(H,27,30)(H,28,32). The highest BCUT2D eigenvalue weighted by Gasteiger charge is 2.13. The van der Waals surface area contributed by atoms with E-state index in [0.29, 0.717) is 46.6 Å². The molecule has 174 valence electrons. The van der Waals surface area contributed by atoms with Gasteiger partial charge in [0, 0.05) is 12.1 Å². The summed E-state index contributed by atoms with van der Waals surface area (Å²) in [6, 6.07) is 17.4. The molecule has 0 saturated carbocycles. The van der Waals surface area contributed by atoms with Gasteiger partial charge in [-0.15, -0.1) is 0 Å². The van der Waals surface area contributed by atoms with Gasteiger partial charge in [0.05, 0.1) is 30.8 Å². The zero-order valence-electron chi connectivity index (χ0n) is 19.2. The molecule has 1 amide bonds. The summed E-state index contributed by atoms with van der Waals surface area (Å²) in [7, 11) is 3.15. The van der Waals surface area contributed by atoms with Crippen LogP contribution >= 0.6 is 0 Å².